The number of hydrogen-bond acceptors (Lipinski definition) is 9. The summed E-state index contributed by atoms with van der Waals surface area (Å²) >= 11 is 2.87. The van der Waals surface area contributed by atoms with E-state index in [1.54, 1.807) is 5.51 Å². The molecule has 0 radical (unpaired) electrons. The van der Waals surface area contributed by atoms with Crippen LogP contribution in [0.15, 0.2) is 17.6 Å². The number of amides is 1. The van der Waals surface area contributed by atoms with Crippen LogP contribution in [0.2, 0.25) is 0 Å². The Labute approximate surface area is 170 Å². The first kappa shape index (κ1) is 18.9. The van der Waals surface area contributed by atoms with Gasteiger partial charge in [-0.05, 0) is 32.9 Å². The van der Waals surface area contributed by atoms with Crippen molar-refractivity contribution in [3.8, 4) is 0 Å². The number of carbonyl (C=O) groups is 1. The van der Waals surface area contributed by atoms with Crippen LogP contribution in [0.3, 0.4) is 0 Å². The summed E-state index contributed by atoms with van der Waals surface area (Å²) in [6.07, 6.45) is -0.276. The summed E-state index contributed by atoms with van der Waals surface area (Å²) in [4.78, 5) is 24.5. The summed E-state index contributed by atoms with van der Waals surface area (Å²) in [5.74, 6) is 0.0104. The predicted octanol–water partition coefficient (Wildman–Crippen LogP) is 3.27. The first-order valence-electron chi connectivity index (χ1n) is 8.86. The van der Waals surface area contributed by atoms with Gasteiger partial charge >= 0.3 is 0 Å². The van der Waals surface area contributed by atoms with E-state index in [1.165, 1.54) is 22.7 Å². The minimum atomic E-state index is -0.276. The first-order chi connectivity index (χ1) is 13.5. The standard InChI is InChI=1S/C18H20N6O2S2/c1-10-6-13(22-18-23-19-9-27-18)7-14(20-10)15-8-24(4-5-26-15)17(25)16-11(2)21-12(3)28-16/h6-7,9,15H,4-5,8H2,1-3H3,(H,20,22,23)/t15-/m1/s1. The van der Waals surface area contributed by atoms with E-state index in [4.69, 9.17) is 4.74 Å². The number of ether oxygens (including phenoxy) is 1. The third kappa shape index (κ3) is 4.03. The van der Waals surface area contributed by atoms with Crippen molar-refractivity contribution in [2.45, 2.75) is 26.9 Å². The van der Waals surface area contributed by atoms with Crippen molar-refractivity contribution >= 4 is 39.4 Å². The number of hydrogen-bond donors (Lipinski definition) is 1. The van der Waals surface area contributed by atoms with Crippen molar-refractivity contribution in [1.82, 2.24) is 25.1 Å². The Kier molecular flexibility index (Phi) is 5.33. The van der Waals surface area contributed by atoms with Crippen molar-refractivity contribution in [3.63, 3.8) is 0 Å². The highest BCUT2D eigenvalue weighted by atomic mass is 32.1. The number of morpholine rings is 1. The van der Waals surface area contributed by atoms with Gasteiger partial charge in [-0.25, -0.2) is 4.98 Å². The molecular weight excluding hydrogens is 396 g/mol. The molecule has 28 heavy (non-hydrogen) atoms. The van der Waals surface area contributed by atoms with E-state index in [2.05, 4.69) is 25.5 Å². The minimum absolute atomic E-state index is 0.0104. The van der Waals surface area contributed by atoms with Gasteiger partial charge in [0.25, 0.3) is 5.91 Å². The molecule has 0 aliphatic carbocycles. The molecule has 8 nitrogen and oxygen atoms in total. The van der Waals surface area contributed by atoms with Crippen LogP contribution in [0.25, 0.3) is 0 Å². The lowest BCUT2D eigenvalue weighted by Gasteiger charge is -2.32. The van der Waals surface area contributed by atoms with Gasteiger partial charge in [-0.3, -0.25) is 9.78 Å². The Bertz CT molecular complexity index is 988. The summed E-state index contributed by atoms with van der Waals surface area (Å²) in [5.41, 5.74) is 4.99. The van der Waals surface area contributed by atoms with Gasteiger partial charge in [0.05, 0.1) is 29.5 Å². The van der Waals surface area contributed by atoms with Crippen LogP contribution >= 0.6 is 22.7 Å². The third-order valence-electron chi connectivity index (χ3n) is 4.37. The molecule has 0 bridgehead atoms. The smallest absolute Gasteiger partial charge is 0.266 e. The number of anilines is 2. The molecule has 10 heteroatoms. The van der Waals surface area contributed by atoms with Gasteiger partial charge in [-0.1, -0.05) is 11.3 Å². The fraction of sp³-hybridized carbons (Fsp3) is 0.389. The normalized spacial score (nSPS) is 17.0. The SMILES string of the molecule is Cc1cc(Nc2nncs2)cc([C@H]2CN(C(=O)c3sc(C)nc3C)CCO2)n1. The largest absolute Gasteiger partial charge is 0.368 e. The van der Waals surface area contributed by atoms with Crippen molar-refractivity contribution in [1.29, 1.82) is 0 Å². The second-order valence-corrected chi connectivity index (χ2v) is 8.59. The second kappa shape index (κ2) is 7.90. The van der Waals surface area contributed by atoms with Crippen LogP contribution in [0.4, 0.5) is 10.8 Å². The average molecular weight is 417 g/mol. The molecule has 0 saturated carbocycles. The fourth-order valence-electron chi connectivity index (χ4n) is 3.17. The van der Waals surface area contributed by atoms with E-state index in [-0.39, 0.29) is 12.0 Å². The zero-order chi connectivity index (χ0) is 19.7. The molecule has 0 unspecified atom stereocenters. The highest BCUT2D eigenvalue weighted by Gasteiger charge is 2.29. The number of aryl methyl sites for hydroxylation is 3. The number of pyridine rings is 1. The zero-order valence-electron chi connectivity index (χ0n) is 15.8. The van der Waals surface area contributed by atoms with Crippen LogP contribution in [-0.2, 0) is 4.74 Å². The Balaban J connectivity index is 1.53. The highest BCUT2D eigenvalue weighted by Crippen LogP contribution is 2.28. The monoisotopic (exact) mass is 416 g/mol. The number of rotatable bonds is 4. The molecular formula is C18H20N6O2S2. The Hall–Kier alpha value is -2.43. The molecule has 1 saturated heterocycles. The second-order valence-electron chi connectivity index (χ2n) is 6.55. The number of aromatic nitrogens is 4. The lowest BCUT2D eigenvalue weighted by molar-refractivity contribution is -0.0246. The lowest BCUT2D eigenvalue weighted by atomic mass is 10.1. The summed E-state index contributed by atoms with van der Waals surface area (Å²) < 4.78 is 5.94. The van der Waals surface area contributed by atoms with E-state index in [1.807, 2.05) is 37.8 Å². The molecule has 1 aliphatic heterocycles. The summed E-state index contributed by atoms with van der Waals surface area (Å²) in [6.45, 7) is 7.23. The molecule has 0 spiro atoms. The van der Waals surface area contributed by atoms with Gasteiger partial charge in [0.1, 0.15) is 16.5 Å². The van der Waals surface area contributed by atoms with E-state index in [0.717, 1.165) is 27.8 Å². The molecule has 1 N–H and O–H groups in total. The van der Waals surface area contributed by atoms with Crippen LogP contribution in [0.1, 0.15) is 37.9 Å². The van der Waals surface area contributed by atoms with Gasteiger partial charge in [0, 0.05) is 17.9 Å². The van der Waals surface area contributed by atoms with E-state index >= 15 is 0 Å². The van der Waals surface area contributed by atoms with Gasteiger partial charge in [0.15, 0.2) is 0 Å². The van der Waals surface area contributed by atoms with E-state index in [9.17, 15) is 4.79 Å². The van der Waals surface area contributed by atoms with Crippen LogP contribution < -0.4 is 5.32 Å². The van der Waals surface area contributed by atoms with Crippen molar-refractivity contribution in [2.24, 2.45) is 0 Å². The fourth-order valence-corrected chi connectivity index (χ4v) is 4.52. The Morgan fingerprint density at radius 1 is 1.29 bits per heavy atom. The molecule has 1 aliphatic rings. The van der Waals surface area contributed by atoms with Gasteiger partial charge in [-0.15, -0.1) is 21.5 Å². The van der Waals surface area contributed by atoms with Crippen molar-refractivity contribution < 1.29 is 9.53 Å². The molecule has 4 rings (SSSR count). The molecule has 1 fully saturated rings. The van der Waals surface area contributed by atoms with Crippen LogP contribution in [-0.4, -0.2) is 50.7 Å². The van der Waals surface area contributed by atoms with Gasteiger partial charge in [-0.2, -0.15) is 0 Å². The van der Waals surface area contributed by atoms with Crippen molar-refractivity contribution in [3.05, 3.63) is 44.6 Å². The molecule has 1 atom stereocenters. The number of carbonyl (C=O) groups excluding carboxylic acids is 1. The zero-order valence-corrected chi connectivity index (χ0v) is 17.4. The number of nitrogens with zero attached hydrogens (tertiary/aromatic N) is 5. The molecule has 3 aromatic rings. The predicted molar refractivity (Wildman–Crippen MR) is 108 cm³/mol. The molecule has 1 amide bonds. The van der Waals surface area contributed by atoms with E-state index < -0.39 is 0 Å². The van der Waals surface area contributed by atoms with Crippen LogP contribution in [0, 0.1) is 20.8 Å². The quantitative estimate of drug-likeness (QED) is 0.698. The van der Waals surface area contributed by atoms with Gasteiger partial charge < -0.3 is 15.0 Å². The summed E-state index contributed by atoms with van der Waals surface area (Å²) in [7, 11) is 0. The highest BCUT2D eigenvalue weighted by molar-refractivity contribution is 7.13. The van der Waals surface area contributed by atoms with Crippen molar-refractivity contribution in [2.75, 3.05) is 25.0 Å². The maximum atomic E-state index is 13.0. The number of nitrogens with one attached hydrogen (secondary N) is 1. The Morgan fingerprint density at radius 2 is 2.14 bits per heavy atom. The van der Waals surface area contributed by atoms with E-state index in [0.29, 0.717) is 29.7 Å². The molecule has 3 aromatic heterocycles. The molecule has 146 valence electrons. The topological polar surface area (TPSA) is 93.1 Å². The van der Waals surface area contributed by atoms with Gasteiger partial charge in [0.2, 0.25) is 5.13 Å². The Morgan fingerprint density at radius 3 is 2.86 bits per heavy atom. The average Bonchev–Trinajstić information content (AvgIpc) is 3.30. The van der Waals surface area contributed by atoms with Crippen LogP contribution in [0.5, 0.6) is 0 Å². The maximum absolute atomic E-state index is 13.0. The first-order valence-corrected chi connectivity index (χ1v) is 10.6. The summed E-state index contributed by atoms with van der Waals surface area (Å²) in [5, 5.41) is 12.7. The third-order valence-corrected chi connectivity index (χ3v) is 6.03. The molecule has 0 aromatic carbocycles. The minimum Gasteiger partial charge on any atom is -0.368 e. The molecule has 4 heterocycles. The lowest BCUT2D eigenvalue weighted by Crippen LogP contribution is -2.42. The maximum Gasteiger partial charge on any atom is 0.266 e. The number of thiazole rings is 1. The summed E-state index contributed by atoms with van der Waals surface area (Å²) in [6, 6.07) is 3.88.